The van der Waals surface area contributed by atoms with Crippen molar-refractivity contribution in [2.24, 2.45) is 10.8 Å². The lowest BCUT2D eigenvalue weighted by molar-refractivity contribution is -0.119. The summed E-state index contributed by atoms with van der Waals surface area (Å²) in [6.07, 6.45) is 2.26. The second kappa shape index (κ2) is 9.82. The molecule has 0 unspecified atom stereocenters. The van der Waals surface area contributed by atoms with Gasteiger partial charge in [-0.1, -0.05) is 39.8 Å². The average Bonchev–Trinajstić information content (AvgIpc) is 2.86. The Bertz CT molecular complexity index is 1340. The SMILES string of the molecule is CCOc1ccc(N2C3=C(C(=O)CC(C)(C)C3)C(c3ccc(C(=O)OC)cc3)C3=C2CC(C)(C)CC3=O)cc1. The highest BCUT2D eigenvalue weighted by atomic mass is 16.5. The molecule has 0 saturated carbocycles. The smallest absolute Gasteiger partial charge is 0.337 e. The van der Waals surface area contributed by atoms with Crippen molar-refractivity contribution in [1.82, 2.24) is 0 Å². The van der Waals surface area contributed by atoms with E-state index in [4.69, 9.17) is 9.47 Å². The number of rotatable bonds is 5. The molecule has 1 aliphatic heterocycles. The standard InChI is InChI=1S/C33H37NO5/c1-7-39-23-14-12-22(13-15-23)34-24-16-32(2,3)18-26(35)29(24)28(20-8-10-21(11-9-20)31(37)38-6)30-25(34)17-33(4,5)19-27(30)36/h8-15,28H,7,16-19H2,1-6H3. The van der Waals surface area contributed by atoms with Gasteiger partial charge in [-0.15, -0.1) is 0 Å². The summed E-state index contributed by atoms with van der Waals surface area (Å²) in [5, 5.41) is 0. The van der Waals surface area contributed by atoms with E-state index in [9.17, 15) is 14.4 Å². The molecule has 0 amide bonds. The number of carbonyl (C=O) groups excluding carboxylic acids is 3. The van der Waals surface area contributed by atoms with Gasteiger partial charge in [-0.2, -0.15) is 0 Å². The molecule has 2 aliphatic carbocycles. The van der Waals surface area contributed by atoms with Crippen LogP contribution < -0.4 is 9.64 Å². The zero-order valence-corrected chi connectivity index (χ0v) is 23.7. The number of methoxy groups -OCH3 is 1. The first-order valence-corrected chi connectivity index (χ1v) is 13.7. The normalized spacial score (nSPS) is 20.5. The number of hydrogen-bond donors (Lipinski definition) is 0. The summed E-state index contributed by atoms with van der Waals surface area (Å²) >= 11 is 0. The monoisotopic (exact) mass is 527 g/mol. The molecule has 0 spiro atoms. The van der Waals surface area contributed by atoms with Gasteiger partial charge in [0.25, 0.3) is 0 Å². The van der Waals surface area contributed by atoms with Crippen LogP contribution in [0.1, 0.15) is 82.1 Å². The number of allylic oxidation sites excluding steroid dienone is 4. The minimum absolute atomic E-state index is 0.0726. The van der Waals surface area contributed by atoms with E-state index in [-0.39, 0.29) is 22.4 Å². The second-order valence-electron chi connectivity index (χ2n) is 12.4. The summed E-state index contributed by atoms with van der Waals surface area (Å²) in [4.78, 5) is 42.2. The molecular formula is C33H37NO5. The zero-order chi connectivity index (χ0) is 28.1. The van der Waals surface area contributed by atoms with Gasteiger partial charge in [0.05, 0.1) is 19.3 Å². The van der Waals surface area contributed by atoms with Crippen LogP contribution in [-0.4, -0.2) is 31.3 Å². The zero-order valence-electron chi connectivity index (χ0n) is 23.7. The fraction of sp³-hybridized carbons (Fsp3) is 0.424. The molecule has 0 saturated heterocycles. The Morgan fingerprint density at radius 2 is 1.33 bits per heavy atom. The van der Waals surface area contributed by atoms with Crippen molar-refractivity contribution in [3.8, 4) is 5.75 Å². The van der Waals surface area contributed by atoms with Gasteiger partial charge < -0.3 is 14.4 Å². The Balaban J connectivity index is 1.75. The minimum Gasteiger partial charge on any atom is -0.494 e. The highest BCUT2D eigenvalue weighted by Gasteiger charge is 2.49. The van der Waals surface area contributed by atoms with Crippen molar-refractivity contribution >= 4 is 23.2 Å². The first kappa shape index (κ1) is 26.9. The van der Waals surface area contributed by atoms with Crippen LogP contribution in [0.2, 0.25) is 0 Å². The average molecular weight is 528 g/mol. The van der Waals surface area contributed by atoms with Gasteiger partial charge in [0.1, 0.15) is 5.75 Å². The predicted octanol–water partition coefficient (Wildman–Crippen LogP) is 6.76. The molecule has 6 nitrogen and oxygen atoms in total. The third-order valence-electron chi connectivity index (χ3n) is 7.98. The van der Waals surface area contributed by atoms with E-state index in [1.807, 2.05) is 43.3 Å². The minimum atomic E-state index is -0.465. The number of esters is 1. The van der Waals surface area contributed by atoms with Gasteiger partial charge in [-0.05, 0) is 72.6 Å². The third kappa shape index (κ3) is 4.93. The fourth-order valence-corrected chi connectivity index (χ4v) is 6.40. The number of ether oxygens (including phenoxy) is 2. The predicted molar refractivity (Wildman–Crippen MR) is 151 cm³/mol. The largest absolute Gasteiger partial charge is 0.494 e. The summed E-state index contributed by atoms with van der Waals surface area (Å²) in [5.41, 5.74) is 5.09. The molecule has 0 aromatic heterocycles. The van der Waals surface area contributed by atoms with Gasteiger partial charge in [0, 0.05) is 47.0 Å². The van der Waals surface area contributed by atoms with Gasteiger partial charge in [0.2, 0.25) is 0 Å². The lowest BCUT2D eigenvalue weighted by Gasteiger charge is -2.49. The number of benzene rings is 2. The molecule has 39 heavy (non-hydrogen) atoms. The summed E-state index contributed by atoms with van der Waals surface area (Å²) in [5.74, 6) is 0.0441. The molecule has 0 radical (unpaired) electrons. The highest BCUT2D eigenvalue weighted by molar-refractivity contribution is 6.08. The van der Waals surface area contributed by atoms with Crippen molar-refractivity contribution in [2.75, 3.05) is 18.6 Å². The molecule has 0 N–H and O–H groups in total. The van der Waals surface area contributed by atoms with E-state index in [1.54, 1.807) is 12.1 Å². The summed E-state index contributed by atoms with van der Waals surface area (Å²) in [7, 11) is 1.35. The van der Waals surface area contributed by atoms with Crippen LogP contribution in [0.15, 0.2) is 71.1 Å². The first-order chi connectivity index (χ1) is 18.4. The summed E-state index contributed by atoms with van der Waals surface area (Å²) in [6.45, 7) is 11.1. The fourth-order valence-electron chi connectivity index (χ4n) is 6.40. The molecule has 3 aliphatic rings. The number of Topliss-reactive ketones (excluding diaryl/α,β-unsaturated/α-hetero) is 2. The Hall–Kier alpha value is -3.67. The highest BCUT2D eigenvalue weighted by Crippen LogP contribution is 2.55. The van der Waals surface area contributed by atoms with Crippen molar-refractivity contribution < 1.29 is 23.9 Å². The van der Waals surface area contributed by atoms with Gasteiger partial charge in [0.15, 0.2) is 11.6 Å². The Morgan fingerprint density at radius 1 is 0.821 bits per heavy atom. The van der Waals surface area contributed by atoms with Gasteiger partial charge >= 0.3 is 5.97 Å². The van der Waals surface area contributed by atoms with Crippen molar-refractivity contribution in [3.05, 3.63) is 82.2 Å². The van der Waals surface area contributed by atoms with Crippen LogP contribution in [0.5, 0.6) is 5.75 Å². The Kier molecular flexibility index (Phi) is 6.78. The lowest BCUT2D eigenvalue weighted by atomic mass is 9.63. The maximum Gasteiger partial charge on any atom is 0.337 e. The lowest BCUT2D eigenvalue weighted by Crippen LogP contribution is -2.44. The van der Waals surface area contributed by atoms with Crippen LogP contribution in [-0.2, 0) is 14.3 Å². The van der Waals surface area contributed by atoms with E-state index < -0.39 is 11.9 Å². The number of carbonyl (C=O) groups is 3. The van der Waals surface area contributed by atoms with E-state index in [1.165, 1.54) is 7.11 Å². The first-order valence-electron chi connectivity index (χ1n) is 13.7. The molecule has 0 fully saturated rings. The topological polar surface area (TPSA) is 72.9 Å². The van der Waals surface area contributed by atoms with Crippen LogP contribution in [0.3, 0.4) is 0 Å². The molecule has 2 aromatic carbocycles. The Labute approximate surface area is 230 Å². The molecule has 6 heteroatoms. The van der Waals surface area contributed by atoms with Gasteiger partial charge in [-0.3, -0.25) is 9.59 Å². The number of ketones is 2. The van der Waals surface area contributed by atoms with Crippen molar-refractivity contribution in [1.29, 1.82) is 0 Å². The summed E-state index contributed by atoms with van der Waals surface area (Å²) in [6, 6.07) is 15.1. The van der Waals surface area contributed by atoms with Crippen LogP contribution in [0, 0.1) is 10.8 Å². The molecule has 2 aromatic rings. The van der Waals surface area contributed by atoms with Crippen molar-refractivity contribution in [2.45, 2.75) is 66.2 Å². The maximum atomic E-state index is 14.0. The quantitative estimate of drug-likeness (QED) is 0.400. The summed E-state index contributed by atoms with van der Waals surface area (Å²) < 4.78 is 10.6. The van der Waals surface area contributed by atoms with E-state index in [0.717, 1.165) is 28.4 Å². The number of anilines is 1. The molecule has 0 bridgehead atoms. The van der Waals surface area contributed by atoms with E-state index >= 15 is 0 Å². The van der Waals surface area contributed by atoms with Gasteiger partial charge in [-0.25, -0.2) is 4.79 Å². The Morgan fingerprint density at radius 3 is 1.79 bits per heavy atom. The molecule has 5 rings (SSSR count). The number of hydrogen-bond acceptors (Lipinski definition) is 6. The van der Waals surface area contributed by atoms with E-state index in [2.05, 4.69) is 32.6 Å². The third-order valence-corrected chi connectivity index (χ3v) is 7.98. The maximum absolute atomic E-state index is 14.0. The van der Waals surface area contributed by atoms with Crippen LogP contribution >= 0.6 is 0 Å². The molecule has 0 atom stereocenters. The second-order valence-corrected chi connectivity index (χ2v) is 12.4. The van der Waals surface area contributed by atoms with Crippen LogP contribution in [0.25, 0.3) is 0 Å². The molecule has 1 heterocycles. The molecule has 204 valence electrons. The number of nitrogens with zero attached hydrogens (tertiary/aromatic N) is 1. The van der Waals surface area contributed by atoms with E-state index in [0.29, 0.717) is 49.0 Å². The van der Waals surface area contributed by atoms with Crippen LogP contribution in [0.4, 0.5) is 5.69 Å². The molecular weight excluding hydrogens is 490 g/mol. The van der Waals surface area contributed by atoms with Crippen molar-refractivity contribution in [3.63, 3.8) is 0 Å².